The van der Waals surface area contributed by atoms with Crippen LogP contribution in [0.5, 0.6) is 5.75 Å². The molecule has 0 saturated carbocycles. The molecule has 158 valence electrons. The van der Waals surface area contributed by atoms with Crippen molar-refractivity contribution < 1.29 is 19.4 Å². The Hall–Kier alpha value is -3.50. The van der Waals surface area contributed by atoms with Gasteiger partial charge in [0.05, 0.1) is 25.0 Å². The number of rotatable bonds is 10. The Bertz CT molecular complexity index is 1010. The van der Waals surface area contributed by atoms with Crippen LogP contribution in [0.4, 0.5) is 0 Å². The molecule has 0 aliphatic rings. The standard InChI is InChI=1S/C27H26O4/c1-3-10-23(25(28)20-11-6-4-7-12-20)27(30)24(19-15-17-22(31-2)18-16-19)26(29)21-13-8-5-9-14-21/h3-9,11-18,23-24,27,30H,1,10H2,2H3/t23-,24?,27+/m1/s1. The van der Waals surface area contributed by atoms with Gasteiger partial charge in [0.2, 0.25) is 0 Å². The normalized spacial score (nSPS) is 13.6. The van der Waals surface area contributed by atoms with Crippen molar-refractivity contribution in [2.75, 3.05) is 7.11 Å². The molecule has 0 heterocycles. The van der Waals surface area contributed by atoms with Crippen molar-refractivity contribution in [1.82, 2.24) is 0 Å². The van der Waals surface area contributed by atoms with Crippen molar-refractivity contribution in [2.24, 2.45) is 5.92 Å². The number of methoxy groups -OCH3 is 1. The average Bonchev–Trinajstić information content (AvgIpc) is 2.83. The molecule has 4 heteroatoms. The molecule has 3 rings (SSSR count). The molecule has 3 aromatic rings. The molecule has 31 heavy (non-hydrogen) atoms. The second-order valence-electron chi connectivity index (χ2n) is 7.33. The van der Waals surface area contributed by atoms with Crippen LogP contribution in [0, 0.1) is 5.92 Å². The number of allylic oxidation sites excluding steroid dienone is 1. The van der Waals surface area contributed by atoms with Crippen molar-refractivity contribution in [3.8, 4) is 5.75 Å². The number of hydrogen-bond donors (Lipinski definition) is 1. The van der Waals surface area contributed by atoms with Crippen LogP contribution < -0.4 is 4.74 Å². The van der Waals surface area contributed by atoms with Gasteiger partial charge in [-0.1, -0.05) is 78.9 Å². The summed E-state index contributed by atoms with van der Waals surface area (Å²) >= 11 is 0. The highest BCUT2D eigenvalue weighted by molar-refractivity contribution is 6.03. The lowest BCUT2D eigenvalue weighted by Crippen LogP contribution is -2.37. The molecule has 0 aliphatic carbocycles. The second-order valence-corrected chi connectivity index (χ2v) is 7.33. The lowest BCUT2D eigenvalue weighted by Gasteiger charge is -2.28. The summed E-state index contributed by atoms with van der Waals surface area (Å²) < 4.78 is 5.22. The SMILES string of the molecule is C=CC[C@H](C(=O)c1ccccc1)[C@H](O)C(C(=O)c1ccccc1)c1ccc(OC)cc1. The first-order valence-electron chi connectivity index (χ1n) is 10.2. The van der Waals surface area contributed by atoms with Crippen LogP contribution in [0.1, 0.15) is 38.6 Å². The Morgan fingerprint density at radius 1 is 0.871 bits per heavy atom. The van der Waals surface area contributed by atoms with Gasteiger partial charge in [-0.3, -0.25) is 9.59 Å². The van der Waals surface area contributed by atoms with Crippen molar-refractivity contribution in [1.29, 1.82) is 0 Å². The Labute approximate surface area is 182 Å². The van der Waals surface area contributed by atoms with Crippen LogP contribution in [-0.2, 0) is 0 Å². The third-order valence-electron chi connectivity index (χ3n) is 5.39. The summed E-state index contributed by atoms with van der Waals surface area (Å²) in [5.41, 5.74) is 1.60. The van der Waals surface area contributed by atoms with Crippen molar-refractivity contribution >= 4 is 11.6 Å². The minimum atomic E-state index is -1.23. The molecular weight excluding hydrogens is 388 g/mol. The topological polar surface area (TPSA) is 63.6 Å². The van der Waals surface area contributed by atoms with Gasteiger partial charge in [0.15, 0.2) is 11.6 Å². The average molecular weight is 415 g/mol. The quantitative estimate of drug-likeness (QED) is 0.370. The third-order valence-corrected chi connectivity index (χ3v) is 5.39. The molecule has 1 unspecified atom stereocenters. The van der Waals surface area contributed by atoms with Crippen LogP contribution in [0.15, 0.2) is 97.6 Å². The van der Waals surface area contributed by atoms with E-state index >= 15 is 0 Å². The number of aliphatic hydroxyl groups is 1. The highest BCUT2D eigenvalue weighted by Crippen LogP contribution is 2.32. The fourth-order valence-corrected chi connectivity index (χ4v) is 3.73. The van der Waals surface area contributed by atoms with Gasteiger partial charge in [-0.2, -0.15) is 0 Å². The molecule has 0 spiro atoms. The molecule has 0 aliphatic heterocycles. The smallest absolute Gasteiger partial charge is 0.172 e. The minimum Gasteiger partial charge on any atom is -0.497 e. The Balaban J connectivity index is 2.03. The van der Waals surface area contributed by atoms with Crippen LogP contribution in [0.3, 0.4) is 0 Å². The zero-order chi connectivity index (χ0) is 22.2. The van der Waals surface area contributed by atoms with Gasteiger partial charge in [0.1, 0.15) is 5.75 Å². The van der Waals surface area contributed by atoms with Gasteiger partial charge in [0.25, 0.3) is 0 Å². The maximum atomic E-state index is 13.5. The fourth-order valence-electron chi connectivity index (χ4n) is 3.73. The minimum absolute atomic E-state index is 0.215. The summed E-state index contributed by atoms with van der Waals surface area (Å²) in [7, 11) is 1.56. The van der Waals surface area contributed by atoms with E-state index in [0.29, 0.717) is 22.4 Å². The monoisotopic (exact) mass is 414 g/mol. The first-order chi connectivity index (χ1) is 15.1. The number of aliphatic hydroxyl groups excluding tert-OH is 1. The predicted molar refractivity (Wildman–Crippen MR) is 122 cm³/mol. The maximum absolute atomic E-state index is 13.5. The Kier molecular flexibility index (Phi) is 7.52. The van der Waals surface area contributed by atoms with Gasteiger partial charge in [-0.15, -0.1) is 6.58 Å². The van der Waals surface area contributed by atoms with E-state index in [1.807, 2.05) is 12.1 Å². The van der Waals surface area contributed by atoms with Crippen LogP contribution in [-0.4, -0.2) is 29.9 Å². The van der Waals surface area contributed by atoms with E-state index in [-0.39, 0.29) is 18.0 Å². The number of carbonyl (C=O) groups is 2. The molecular formula is C27H26O4. The first-order valence-corrected chi connectivity index (χ1v) is 10.2. The van der Waals surface area contributed by atoms with E-state index in [0.717, 1.165) is 0 Å². The fraction of sp³-hybridized carbons (Fsp3) is 0.185. The number of ether oxygens (including phenoxy) is 1. The summed E-state index contributed by atoms with van der Waals surface area (Å²) in [5, 5.41) is 11.4. The van der Waals surface area contributed by atoms with E-state index in [9.17, 15) is 14.7 Å². The van der Waals surface area contributed by atoms with Crippen molar-refractivity contribution in [3.05, 3.63) is 114 Å². The van der Waals surface area contributed by atoms with Gasteiger partial charge >= 0.3 is 0 Å². The molecule has 0 amide bonds. The van der Waals surface area contributed by atoms with Crippen LogP contribution in [0.25, 0.3) is 0 Å². The van der Waals surface area contributed by atoms with E-state index < -0.39 is 17.9 Å². The highest BCUT2D eigenvalue weighted by atomic mass is 16.5. The highest BCUT2D eigenvalue weighted by Gasteiger charge is 2.37. The number of benzene rings is 3. The molecule has 0 fully saturated rings. The maximum Gasteiger partial charge on any atom is 0.172 e. The zero-order valence-corrected chi connectivity index (χ0v) is 17.5. The van der Waals surface area contributed by atoms with E-state index in [2.05, 4.69) is 6.58 Å². The predicted octanol–water partition coefficient (Wildman–Crippen LogP) is 5.10. The van der Waals surface area contributed by atoms with Gasteiger partial charge in [-0.05, 0) is 24.1 Å². The molecule has 0 aromatic heterocycles. The van der Waals surface area contributed by atoms with Crippen molar-refractivity contribution in [3.63, 3.8) is 0 Å². The van der Waals surface area contributed by atoms with E-state index in [1.54, 1.807) is 86.0 Å². The summed E-state index contributed by atoms with van der Waals surface area (Å²) in [6.45, 7) is 3.75. The number of hydrogen-bond acceptors (Lipinski definition) is 4. The number of ketones is 2. The first kappa shape index (κ1) is 22.2. The summed E-state index contributed by atoms with van der Waals surface area (Å²) in [6, 6.07) is 24.6. The number of Topliss-reactive ketones (excluding diaryl/α,β-unsaturated/α-hetero) is 2. The molecule has 3 atom stereocenters. The van der Waals surface area contributed by atoms with Crippen LogP contribution >= 0.6 is 0 Å². The summed E-state index contributed by atoms with van der Waals surface area (Å²) in [5.74, 6) is -1.53. The third kappa shape index (κ3) is 5.16. The molecule has 0 bridgehead atoms. The van der Waals surface area contributed by atoms with Crippen molar-refractivity contribution in [2.45, 2.75) is 18.4 Å². The van der Waals surface area contributed by atoms with Gasteiger partial charge in [0, 0.05) is 11.1 Å². The summed E-state index contributed by atoms with van der Waals surface area (Å²) in [6.07, 6.45) is 0.628. The largest absolute Gasteiger partial charge is 0.497 e. The molecule has 0 radical (unpaired) electrons. The lowest BCUT2D eigenvalue weighted by atomic mass is 9.77. The second kappa shape index (κ2) is 10.5. The molecule has 3 aromatic carbocycles. The summed E-state index contributed by atoms with van der Waals surface area (Å²) in [4.78, 5) is 26.7. The Morgan fingerprint density at radius 3 is 1.87 bits per heavy atom. The van der Waals surface area contributed by atoms with E-state index in [1.165, 1.54) is 0 Å². The van der Waals surface area contributed by atoms with Gasteiger partial charge < -0.3 is 9.84 Å². The molecule has 0 saturated heterocycles. The Morgan fingerprint density at radius 2 is 1.39 bits per heavy atom. The zero-order valence-electron chi connectivity index (χ0n) is 17.5. The van der Waals surface area contributed by atoms with E-state index in [4.69, 9.17) is 4.74 Å². The lowest BCUT2D eigenvalue weighted by molar-refractivity contribution is 0.0537. The van der Waals surface area contributed by atoms with Crippen LogP contribution in [0.2, 0.25) is 0 Å². The molecule has 4 nitrogen and oxygen atoms in total. The number of carbonyl (C=O) groups excluding carboxylic acids is 2. The molecule has 1 N–H and O–H groups in total. The van der Waals surface area contributed by atoms with Gasteiger partial charge in [-0.25, -0.2) is 0 Å².